The molecule has 0 radical (unpaired) electrons. The molecule has 3 N–H and O–H groups in total. The van der Waals surface area contributed by atoms with Crippen LogP contribution in [0.15, 0.2) is 24.3 Å². The normalized spacial score (nSPS) is 24.8. The van der Waals surface area contributed by atoms with Gasteiger partial charge in [0.2, 0.25) is 5.91 Å². The second-order valence-corrected chi connectivity index (χ2v) is 5.87. The van der Waals surface area contributed by atoms with E-state index >= 15 is 0 Å². The van der Waals surface area contributed by atoms with Gasteiger partial charge in [-0.15, -0.1) is 0 Å². The number of benzene rings is 1. The zero-order valence-corrected chi connectivity index (χ0v) is 12.7. The molecule has 1 saturated heterocycles. The topological polar surface area (TPSA) is 76.8 Å². The predicted molar refractivity (Wildman–Crippen MR) is 83.0 cm³/mol. The summed E-state index contributed by atoms with van der Waals surface area (Å²) in [5.41, 5.74) is 5.36. The number of nitrogens with zero attached hydrogens (tertiary/aromatic N) is 1. The highest BCUT2D eigenvalue weighted by atomic mass is 16.6. The molecule has 2 heterocycles. The van der Waals surface area contributed by atoms with Crippen LogP contribution in [0.25, 0.3) is 0 Å². The van der Waals surface area contributed by atoms with Crippen molar-refractivity contribution in [3.63, 3.8) is 0 Å². The first kappa shape index (κ1) is 15.1. The third-order valence-electron chi connectivity index (χ3n) is 4.09. The molecule has 1 fully saturated rings. The summed E-state index contributed by atoms with van der Waals surface area (Å²) in [6, 6.07) is 7.93. The van der Waals surface area contributed by atoms with Crippen molar-refractivity contribution in [3.05, 3.63) is 24.3 Å². The van der Waals surface area contributed by atoms with Crippen molar-refractivity contribution in [1.82, 2.24) is 10.2 Å². The van der Waals surface area contributed by atoms with E-state index in [9.17, 15) is 4.79 Å². The fraction of sp³-hybridized carbons (Fsp3) is 0.562. The van der Waals surface area contributed by atoms with Crippen LogP contribution in [0.2, 0.25) is 0 Å². The first-order chi connectivity index (χ1) is 10.7. The van der Waals surface area contributed by atoms with Crippen molar-refractivity contribution < 1.29 is 14.3 Å². The number of hydrogen-bond acceptors (Lipinski definition) is 5. The van der Waals surface area contributed by atoms with Crippen LogP contribution in [-0.4, -0.2) is 55.7 Å². The average Bonchev–Trinajstić information content (AvgIpc) is 2.55. The van der Waals surface area contributed by atoms with Gasteiger partial charge in [-0.05, 0) is 31.5 Å². The molecule has 3 rings (SSSR count). The Labute approximate surface area is 130 Å². The van der Waals surface area contributed by atoms with Crippen LogP contribution in [0.1, 0.15) is 12.8 Å². The van der Waals surface area contributed by atoms with Crippen LogP contribution < -0.4 is 20.5 Å². The Kier molecular flexibility index (Phi) is 4.80. The van der Waals surface area contributed by atoms with Gasteiger partial charge in [0, 0.05) is 19.1 Å². The van der Waals surface area contributed by atoms with Gasteiger partial charge in [0.25, 0.3) is 0 Å². The van der Waals surface area contributed by atoms with E-state index in [4.69, 9.17) is 15.2 Å². The third kappa shape index (κ3) is 3.69. The van der Waals surface area contributed by atoms with E-state index in [0.717, 1.165) is 44.0 Å². The highest BCUT2D eigenvalue weighted by molar-refractivity contribution is 5.78. The third-order valence-corrected chi connectivity index (χ3v) is 4.09. The molecule has 0 aliphatic carbocycles. The van der Waals surface area contributed by atoms with Gasteiger partial charge >= 0.3 is 0 Å². The zero-order valence-electron chi connectivity index (χ0n) is 12.7. The first-order valence-corrected chi connectivity index (χ1v) is 7.85. The smallest absolute Gasteiger partial charge is 0.233 e. The van der Waals surface area contributed by atoms with Crippen LogP contribution in [0, 0.1) is 0 Å². The Balaban J connectivity index is 1.52. The van der Waals surface area contributed by atoms with Gasteiger partial charge in [0.15, 0.2) is 11.5 Å². The number of nitrogens with one attached hydrogen (secondary N) is 1. The van der Waals surface area contributed by atoms with E-state index in [2.05, 4.69) is 10.2 Å². The van der Waals surface area contributed by atoms with Gasteiger partial charge in [0.05, 0.1) is 6.54 Å². The van der Waals surface area contributed by atoms with Crippen molar-refractivity contribution in [2.75, 3.05) is 32.8 Å². The molecule has 6 nitrogen and oxygen atoms in total. The van der Waals surface area contributed by atoms with Gasteiger partial charge in [-0.25, -0.2) is 0 Å². The molecule has 6 heteroatoms. The average molecular weight is 305 g/mol. The summed E-state index contributed by atoms with van der Waals surface area (Å²) in [4.78, 5) is 13.7. The summed E-state index contributed by atoms with van der Waals surface area (Å²) in [6.45, 7) is 3.28. The fourth-order valence-corrected chi connectivity index (χ4v) is 3.07. The van der Waals surface area contributed by atoms with Crippen LogP contribution in [0.3, 0.4) is 0 Å². The van der Waals surface area contributed by atoms with Crippen LogP contribution in [0.4, 0.5) is 0 Å². The molecule has 2 aliphatic rings. The van der Waals surface area contributed by atoms with E-state index in [0.29, 0.717) is 6.61 Å². The first-order valence-electron chi connectivity index (χ1n) is 7.85. The molecular formula is C16H23N3O3. The number of para-hydroxylation sites is 2. The maximum atomic E-state index is 11.4. The minimum absolute atomic E-state index is 0.0267. The second kappa shape index (κ2) is 6.98. The molecular weight excluding hydrogens is 282 g/mol. The van der Waals surface area contributed by atoms with E-state index in [-0.39, 0.29) is 24.6 Å². The number of carbonyl (C=O) groups is 1. The maximum Gasteiger partial charge on any atom is 0.233 e. The summed E-state index contributed by atoms with van der Waals surface area (Å²) in [5.74, 6) is 1.53. The number of likely N-dealkylation sites (tertiary alicyclic amines) is 1. The summed E-state index contributed by atoms with van der Waals surface area (Å²) in [6.07, 6.45) is 2.10. The standard InChI is InChI=1S/C16H23N3O3/c17-8-16(20)18-12-4-3-7-19(9-12)10-13-11-21-14-5-1-2-6-15(14)22-13/h1-2,5-6,12-13H,3-4,7-11,17H2,(H,18,20). The minimum atomic E-state index is -0.0852. The predicted octanol–water partition coefficient (Wildman–Crippen LogP) is 0.366. The SMILES string of the molecule is NCC(=O)NC1CCCN(CC2COc3ccccc3O2)C1. The molecule has 1 aromatic rings. The lowest BCUT2D eigenvalue weighted by Crippen LogP contribution is -2.52. The van der Waals surface area contributed by atoms with Crippen molar-refractivity contribution >= 4 is 5.91 Å². The van der Waals surface area contributed by atoms with Gasteiger partial charge in [-0.3, -0.25) is 9.69 Å². The number of fused-ring (bicyclic) bond motifs is 1. The quantitative estimate of drug-likeness (QED) is 0.840. The largest absolute Gasteiger partial charge is 0.486 e. The zero-order chi connectivity index (χ0) is 15.4. The lowest BCUT2D eigenvalue weighted by Gasteiger charge is -2.36. The van der Waals surface area contributed by atoms with Gasteiger partial charge < -0.3 is 20.5 Å². The lowest BCUT2D eigenvalue weighted by molar-refractivity contribution is -0.120. The lowest BCUT2D eigenvalue weighted by atomic mass is 10.1. The number of carbonyl (C=O) groups excluding carboxylic acids is 1. The summed E-state index contributed by atoms with van der Waals surface area (Å²) in [5, 5.41) is 2.97. The number of ether oxygens (including phenoxy) is 2. The van der Waals surface area contributed by atoms with Crippen LogP contribution in [-0.2, 0) is 4.79 Å². The van der Waals surface area contributed by atoms with Gasteiger partial charge in [0.1, 0.15) is 12.7 Å². The molecule has 1 amide bonds. The summed E-state index contributed by atoms with van der Waals surface area (Å²) in [7, 11) is 0. The molecule has 2 aliphatic heterocycles. The number of rotatable bonds is 4. The molecule has 22 heavy (non-hydrogen) atoms. The Morgan fingerprint density at radius 3 is 3.00 bits per heavy atom. The molecule has 1 aromatic carbocycles. The number of hydrogen-bond donors (Lipinski definition) is 2. The molecule has 0 bridgehead atoms. The van der Waals surface area contributed by atoms with Crippen molar-refractivity contribution in [3.8, 4) is 11.5 Å². The minimum Gasteiger partial charge on any atom is -0.486 e. The fourth-order valence-electron chi connectivity index (χ4n) is 3.07. The number of piperidine rings is 1. The van der Waals surface area contributed by atoms with E-state index in [1.54, 1.807) is 0 Å². The molecule has 120 valence electrons. The van der Waals surface area contributed by atoms with Crippen molar-refractivity contribution in [2.45, 2.75) is 25.0 Å². The highest BCUT2D eigenvalue weighted by Gasteiger charge is 2.27. The van der Waals surface area contributed by atoms with E-state index in [1.165, 1.54) is 0 Å². The van der Waals surface area contributed by atoms with E-state index < -0.39 is 0 Å². The number of amides is 1. The van der Waals surface area contributed by atoms with E-state index in [1.807, 2.05) is 24.3 Å². The van der Waals surface area contributed by atoms with Crippen molar-refractivity contribution in [2.24, 2.45) is 5.73 Å². The molecule has 0 saturated carbocycles. The highest BCUT2D eigenvalue weighted by Crippen LogP contribution is 2.31. The number of nitrogens with two attached hydrogens (primary N) is 1. The summed E-state index contributed by atoms with van der Waals surface area (Å²) >= 11 is 0. The molecule has 0 aromatic heterocycles. The molecule has 2 unspecified atom stereocenters. The Morgan fingerprint density at radius 2 is 2.18 bits per heavy atom. The molecule has 2 atom stereocenters. The Hall–Kier alpha value is -1.79. The van der Waals surface area contributed by atoms with Crippen molar-refractivity contribution in [1.29, 1.82) is 0 Å². The Morgan fingerprint density at radius 1 is 1.36 bits per heavy atom. The monoisotopic (exact) mass is 305 g/mol. The molecule has 0 spiro atoms. The van der Waals surface area contributed by atoms with Crippen LogP contribution in [0.5, 0.6) is 11.5 Å². The Bertz CT molecular complexity index is 523. The van der Waals surface area contributed by atoms with Gasteiger partial charge in [-0.1, -0.05) is 12.1 Å². The summed E-state index contributed by atoms with van der Waals surface area (Å²) < 4.78 is 11.7. The second-order valence-electron chi connectivity index (χ2n) is 5.87. The van der Waals surface area contributed by atoms with Crippen LogP contribution >= 0.6 is 0 Å². The van der Waals surface area contributed by atoms with Gasteiger partial charge in [-0.2, -0.15) is 0 Å². The maximum absolute atomic E-state index is 11.4.